The zero-order valence-electron chi connectivity index (χ0n) is 14.4. The normalized spacial score (nSPS) is 17.7. The maximum absolute atomic E-state index is 13.1. The minimum Gasteiger partial charge on any atom is -0.342 e. The minimum absolute atomic E-state index is 0.110. The largest absolute Gasteiger partial charge is 0.342 e. The molecule has 2 rings (SSSR count). The first-order valence-corrected chi connectivity index (χ1v) is 8.89. The van der Waals surface area contributed by atoms with Gasteiger partial charge in [-0.25, -0.2) is 4.39 Å². The lowest BCUT2D eigenvalue weighted by Crippen LogP contribution is -2.42. The lowest BCUT2D eigenvalue weighted by molar-refractivity contribution is -0.133. The zero-order chi connectivity index (χ0) is 16.7. The Kier molecular flexibility index (Phi) is 7.03. The Balaban J connectivity index is 1.96. The molecule has 1 atom stereocenters. The summed E-state index contributed by atoms with van der Waals surface area (Å²) in [6.45, 7) is 7.17. The molecule has 128 valence electrons. The second kappa shape index (κ2) is 9.02. The molecule has 0 N–H and O–H groups in total. The van der Waals surface area contributed by atoms with Crippen molar-refractivity contribution in [3.05, 3.63) is 35.6 Å². The molecule has 0 radical (unpaired) electrons. The van der Waals surface area contributed by atoms with Gasteiger partial charge in [0.1, 0.15) is 5.82 Å². The highest BCUT2D eigenvalue weighted by molar-refractivity contribution is 5.78. The number of halogens is 1. The number of nitrogens with zero attached hydrogens (tertiary/aromatic N) is 2. The van der Waals surface area contributed by atoms with Crippen LogP contribution in [0, 0.1) is 5.82 Å². The Morgan fingerprint density at radius 1 is 1.13 bits per heavy atom. The molecule has 1 saturated heterocycles. The van der Waals surface area contributed by atoms with E-state index in [2.05, 4.69) is 18.7 Å². The van der Waals surface area contributed by atoms with Gasteiger partial charge in [0.05, 0.1) is 6.54 Å². The van der Waals surface area contributed by atoms with Gasteiger partial charge in [-0.15, -0.1) is 0 Å². The van der Waals surface area contributed by atoms with Crippen LogP contribution in [-0.2, 0) is 4.79 Å². The number of rotatable bonds is 5. The summed E-state index contributed by atoms with van der Waals surface area (Å²) in [6, 6.07) is 6.70. The Bertz CT molecular complexity index is 481. The third kappa shape index (κ3) is 5.31. The molecule has 1 aromatic carbocycles. The monoisotopic (exact) mass is 320 g/mol. The third-order valence-corrected chi connectivity index (χ3v) is 4.85. The fourth-order valence-electron chi connectivity index (χ4n) is 3.25. The molecule has 4 heteroatoms. The molecule has 1 aliphatic heterocycles. The molecule has 0 bridgehead atoms. The SMILES string of the molecule is CCN(CC(=O)N1CCCCCCC1)C(C)c1ccc(F)cc1. The van der Waals surface area contributed by atoms with Crippen molar-refractivity contribution < 1.29 is 9.18 Å². The quantitative estimate of drug-likeness (QED) is 0.818. The summed E-state index contributed by atoms with van der Waals surface area (Å²) >= 11 is 0. The van der Waals surface area contributed by atoms with Gasteiger partial charge in [0.25, 0.3) is 0 Å². The van der Waals surface area contributed by atoms with E-state index < -0.39 is 0 Å². The Morgan fingerprint density at radius 3 is 2.26 bits per heavy atom. The summed E-state index contributed by atoms with van der Waals surface area (Å²) in [5.41, 5.74) is 1.05. The van der Waals surface area contributed by atoms with Crippen LogP contribution in [0.15, 0.2) is 24.3 Å². The van der Waals surface area contributed by atoms with Gasteiger partial charge in [-0.1, -0.05) is 38.3 Å². The topological polar surface area (TPSA) is 23.6 Å². The van der Waals surface area contributed by atoms with E-state index in [0.29, 0.717) is 6.54 Å². The predicted molar refractivity (Wildman–Crippen MR) is 91.7 cm³/mol. The Hall–Kier alpha value is -1.42. The van der Waals surface area contributed by atoms with E-state index in [0.717, 1.165) is 38.0 Å². The van der Waals surface area contributed by atoms with Crippen molar-refractivity contribution in [1.29, 1.82) is 0 Å². The smallest absolute Gasteiger partial charge is 0.236 e. The van der Waals surface area contributed by atoms with Gasteiger partial charge in [0.2, 0.25) is 5.91 Å². The van der Waals surface area contributed by atoms with Crippen LogP contribution < -0.4 is 0 Å². The maximum Gasteiger partial charge on any atom is 0.236 e. The Morgan fingerprint density at radius 2 is 1.70 bits per heavy atom. The molecule has 1 amide bonds. The van der Waals surface area contributed by atoms with Gasteiger partial charge < -0.3 is 4.90 Å². The number of hydrogen-bond donors (Lipinski definition) is 0. The van der Waals surface area contributed by atoms with E-state index in [1.165, 1.54) is 31.4 Å². The summed E-state index contributed by atoms with van der Waals surface area (Å²) in [5.74, 6) is 0.00317. The second-order valence-corrected chi connectivity index (χ2v) is 6.44. The van der Waals surface area contributed by atoms with Crippen LogP contribution in [-0.4, -0.2) is 41.9 Å². The summed E-state index contributed by atoms with van der Waals surface area (Å²) < 4.78 is 13.1. The van der Waals surface area contributed by atoms with Gasteiger partial charge >= 0.3 is 0 Å². The molecule has 0 aliphatic carbocycles. The number of benzene rings is 1. The average molecular weight is 320 g/mol. The number of amides is 1. The molecule has 1 fully saturated rings. The van der Waals surface area contributed by atoms with E-state index in [-0.39, 0.29) is 17.8 Å². The molecular weight excluding hydrogens is 291 g/mol. The van der Waals surface area contributed by atoms with E-state index in [1.807, 2.05) is 17.0 Å². The highest BCUT2D eigenvalue weighted by atomic mass is 19.1. The highest BCUT2D eigenvalue weighted by Crippen LogP contribution is 2.20. The van der Waals surface area contributed by atoms with Crippen LogP contribution in [0.25, 0.3) is 0 Å². The maximum atomic E-state index is 13.1. The molecular formula is C19H29FN2O. The van der Waals surface area contributed by atoms with Crippen molar-refractivity contribution >= 4 is 5.91 Å². The van der Waals surface area contributed by atoms with E-state index in [4.69, 9.17) is 0 Å². The standard InChI is InChI=1S/C19H29FN2O/c1-3-21(16(2)17-9-11-18(20)12-10-17)15-19(23)22-13-7-5-4-6-8-14-22/h9-12,16H,3-8,13-15H2,1-2H3. The van der Waals surface area contributed by atoms with Crippen LogP contribution in [0.3, 0.4) is 0 Å². The Labute approximate surface area is 139 Å². The molecule has 0 saturated carbocycles. The van der Waals surface area contributed by atoms with Gasteiger partial charge in [-0.05, 0) is 44.0 Å². The summed E-state index contributed by atoms with van der Waals surface area (Å²) in [4.78, 5) is 16.8. The van der Waals surface area contributed by atoms with Gasteiger partial charge in [0, 0.05) is 19.1 Å². The first kappa shape index (κ1) is 17.9. The van der Waals surface area contributed by atoms with Crippen molar-refractivity contribution in [2.75, 3.05) is 26.2 Å². The molecule has 1 unspecified atom stereocenters. The summed E-state index contributed by atoms with van der Waals surface area (Å²) in [6.07, 6.45) is 5.99. The number of likely N-dealkylation sites (N-methyl/N-ethyl adjacent to an activating group) is 1. The minimum atomic E-state index is -0.222. The van der Waals surface area contributed by atoms with Gasteiger partial charge in [-0.2, -0.15) is 0 Å². The average Bonchev–Trinajstić information content (AvgIpc) is 2.52. The third-order valence-electron chi connectivity index (χ3n) is 4.85. The van der Waals surface area contributed by atoms with Crippen molar-refractivity contribution in [2.24, 2.45) is 0 Å². The van der Waals surface area contributed by atoms with Gasteiger partial charge in [-0.3, -0.25) is 9.69 Å². The van der Waals surface area contributed by atoms with Crippen molar-refractivity contribution in [3.8, 4) is 0 Å². The second-order valence-electron chi connectivity index (χ2n) is 6.44. The number of likely N-dealkylation sites (tertiary alicyclic amines) is 1. The van der Waals surface area contributed by atoms with Crippen LogP contribution in [0.4, 0.5) is 4.39 Å². The first-order chi connectivity index (χ1) is 11.1. The van der Waals surface area contributed by atoms with E-state index in [1.54, 1.807) is 0 Å². The fraction of sp³-hybridized carbons (Fsp3) is 0.632. The lowest BCUT2D eigenvalue weighted by Gasteiger charge is -2.31. The van der Waals surface area contributed by atoms with Crippen LogP contribution >= 0.6 is 0 Å². The van der Waals surface area contributed by atoms with Crippen LogP contribution in [0.5, 0.6) is 0 Å². The van der Waals surface area contributed by atoms with Crippen LogP contribution in [0.1, 0.15) is 57.6 Å². The van der Waals surface area contributed by atoms with E-state index in [9.17, 15) is 9.18 Å². The highest BCUT2D eigenvalue weighted by Gasteiger charge is 2.21. The van der Waals surface area contributed by atoms with Crippen molar-refractivity contribution in [2.45, 2.75) is 52.0 Å². The van der Waals surface area contributed by atoms with Crippen molar-refractivity contribution in [1.82, 2.24) is 9.80 Å². The molecule has 1 aliphatic rings. The summed E-state index contributed by atoms with van der Waals surface area (Å²) in [5, 5.41) is 0. The molecule has 0 spiro atoms. The number of hydrogen-bond acceptors (Lipinski definition) is 2. The first-order valence-electron chi connectivity index (χ1n) is 8.89. The zero-order valence-corrected chi connectivity index (χ0v) is 14.4. The van der Waals surface area contributed by atoms with E-state index >= 15 is 0 Å². The molecule has 1 aromatic rings. The number of carbonyl (C=O) groups excluding carboxylic acids is 1. The number of carbonyl (C=O) groups is 1. The van der Waals surface area contributed by atoms with Crippen molar-refractivity contribution in [3.63, 3.8) is 0 Å². The molecule has 23 heavy (non-hydrogen) atoms. The predicted octanol–water partition coefficient (Wildman–Crippen LogP) is 4.00. The van der Waals surface area contributed by atoms with Gasteiger partial charge in [0.15, 0.2) is 0 Å². The summed E-state index contributed by atoms with van der Waals surface area (Å²) in [7, 11) is 0. The molecule has 3 nitrogen and oxygen atoms in total. The molecule has 0 aromatic heterocycles. The molecule has 1 heterocycles. The fourth-order valence-corrected chi connectivity index (χ4v) is 3.25. The lowest BCUT2D eigenvalue weighted by atomic mass is 10.1. The van der Waals surface area contributed by atoms with Crippen LogP contribution in [0.2, 0.25) is 0 Å².